The lowest BCUT2D eigenvalue weighted by Crippen LogP contribution is -2.27. The molecule has 0 bridgehead atoms. The first-order chi connectivity index (χ1) is 13.5. The zero-order valence-electron chi connectivity index (χ0n) is 15.3. The molecule has 0 fully saturated rings. The molecule has 10 heteroatoms. The topological polar surface area (TPSA) is 92.9 Å². The number of hydrogen-bond donors (Lipinski definition) is 2. The molecule has 0 unspecified atom stereocenters. The normalized spacial score (nSPS) is 11.8. The largest absolute Gasteiger partial charge is 0.534 e. The number of fused-ring (bicyclic) bond motifs is 1. The molecule has 0 radical (unpaired) electrons. The second-order valence-electron chi connectivity index (χ2n) is 6.03. The van der Waals surface area contributed by atoms with Gasteiger partial charge in [-0.2, -0.15) is 21.6 Å². The summed E-state index contributed by atoms with van der Waals surface area (Å²) < 4.78 is 60.3. The number of halogens is 3. The maximum Gasteiger partial charge on any atom is 0.534 e. The Hall–Kier alpha value is -2.82. The van der Waals surface area contributed by atoms with Crippen molar-refractivity contribution < 1.29 is 30.9 Å². The average molecular weight is 428 g/mol. The van der Waals surface area contributed by atoms with E-state index in [0.29, 0.717) is 0 Å². The van der Waals surface area contributed by atoms with E-state index in [0.717, 1.165) is 30.8 Å². The predicted molar refractivity (Wildman–Crippen MR) is 103 cm³/mol. The van der Waals surface area contributed by atoms with Crippen LogP contribution in [0, 0.1) is 0 Å². The molecular formula is C19H19F3N2O4S. The lowest BCUT2D eigenvalue weighted by Gasteiger charge is -2.11. The van der Waals surface area contributed by atoms with Crippen molar-refractivity contribution in [3.63, 3.8) is 0 Å². The minimum atomic E-state index is -5.65. The molecule has 3 aromatic rings. The minimum Gasteiger partial charge on any atom is -0.508 e. The van der Waals surface area contributed by atoms with Gasteiger partial charge in [-0.05, 0) is 40.6 Å². The number of phenolic OH excluding ortho intramolecular Hbond substituents is 1. The van der Waals surface area contributed by atoms with E-state index in [4.69, 9.17) is 10.9 Å². The number of hydrazine groups is 1. The fourth-order valence-electron chi connectivity index (χ4n) is 2.37. The van der Waals surface area contributed by atoms with Gasteiger partial charge in [0, 0.05) is 13.6 Å². The molecule has 0 saturated heterocycles. The van der Waals surface area contributed by atoms with E-state index >= 15 is 0 Å². The van der Waals surface area contributed by atoms with Crippen LogP contribution >= 0.6 is 0 Å². The zero-order chi connectivity index (χ0) is 21.7. The van der Waals surface area contributed by atoms with Gasteiger partial charge in [-0.3, -0.25) is 5.84 Å². The summed E-state index contributed by atoms with van der Waals surface area (Å²) in [7, 11) is -3.77. The third-order valence-corrected chi connectivity index (χ3v) is 4.60. The highest BCUT2D eigenvalue weighted by Gasteiger charge is 2.48. The molecular weight excluding hydrogens is 409 g/mol. The van der Waals surface area contributed by atoms with Crippen molar-refractivity contribution in [3.8, 4) is 11.5 Å². The second kappa shape index (κ2) is 9.12. The quantitative estimate of drug-likeness (QED) is 0.284. The van der Waals surface area contributed by atoms with Gasteiger partial charge in [-0.25, -0.2) is 5.01 Å². The summed E-state index contributed by atoms with van der Waals surface area (Å²) >= 11 is 0. The van der Waals surface area contributed by atoms with Crippen molar-refractivity contribution in [3.05, 3.63) is 72.3 Å². The van der Waals surface area contributed by atoms with Crippen LogP contribution in [0.4, 0.5) is 13.2 Å². The summed E-state index contributed by atoms with van der Waals surface area (Å²) in [6, 6.07) is 18.5. The standard InChI is InChI=1S/C12H14N2.C7H5F3O4S/c1-14(13)9-11-7-4-6-10-5-2-3-8-12(10)11;8-7(9,10)15(12,13)14-6-3-1-5(11)2-4-6/h2-8H,9,13H2,1H3;1-4,11H. The maximum atomic E-state index is 11.8. The van der Waals surface area contributed by atoms with Gasteiger partial charge in [0.2, 0.25) is 0 Å². The Kier molecular flexibility index (Phi) is 7.07. The van der Waals surface area contributed by atoms with Crippen molar-refractivity contribution in [1.82, 2.24) is 5.01 Å². The molecule has 0 spiro atoms. The van der Waals surface area contributed by atoms with Crippen LogP contribution < -0.4 is 10.0 Å². The van der Waals surface area contributed by atoms with Crippen LogP contribution in [-0.2, 0) is 16.7 Å². The second-order valence-corrected chi connectivity index (χ2v) is 7.57. The molecule has 3 N–H and O–H groups in total. The van der Waals surface area contributed by atoms with Crippen LogP contribution in [0.3, 0.4) is 0 Å². The molecule has 0 aliphatic rings. The van der Waals surface area contributed by atoms with Gasteiger partial charge in [0.1, 0.15) is 11.5 Å². The summed E-state index contributed by atoms with van der Waals surface area (Å²) in [4.78, 5) is 0. The molecule has 0 aliphatic carbocycles. The van der Waals surface area contributed by atoms with Gasteiger partial charge >= 0.3 is 15.6 Å². The van der Waals surface area contributed by atoms with E-state index in [9.17, 15) is 21.6 Å². The van der Waals surface area contributed by atoms with Crippen LogP contribution in [0.5, 0.6) is 11.5 Å². The third-order valence-electron chi connectivity index (χ3n) is 3.63. The van der Waals surface area contributed by atoms with E-state index in [1.165, 1.54) is 16.3 Å². The number of aromatic hydroxyl groups is 1. The molecule has 3 aromatic carbocycles. The molecule has 29 heavy (non-hydrogen) atoms. The lowest BCUT2D eigenvalue weighted by atomic mass is 10.0. The summed E-state index contributed by atoms with van der Waals surface area (Å²) in [5.41, 5.74) is -4.20. The average Bonchev–Trinajstić information content (AvgIpc) is 2.63. The first-order valence-electron chi connectivity index (χ1n) is 8.22. The Bertz CT molecular complexity index is 1050. The van der Waals surface area contributed by atoms with E-state index < -0.39 is 21.4 Å². The van der Waals surface area contributed by atoms with Gasteiger partial charge in [-0.1, -0.05) is 42.5 Å². The minimum absolute atomic E-state index is 0.216. The molecule has 0 aromatic heterocycles. The Morgan fingerprint density at radius 3 is 2.17 bits per heavy atom. The zero-order valence-corrected chi connectivity index (χ0v) is 16.1. The van der Waals surface area contributed by atoms with Crippen LogP contribution in [0.2, 0.25) is 0 Å². The number of nitrogens with two attached hydrogens (primary N) is 1. The number of benzene rings is 3. The lowest BCUT2D eigenvalue weighted by molar-refractivity contribution is -0.0500. The van der Waals surface area contributed by atoms with Crippen molar-refractivity contribution in [2.45, 2.75) is 12.1 Å². The van der Waals surface area contributed by atoms with Gasteiger partial charge in [0.25, 0.3) is 0 Å². The number of hydrogen-bond acceptors (Lipinski definition) is 6. The van der Waals surface area contributed by atoms with Crippen LogP contribution in [0.1, 0.15) is 5.56 Å². The van der Waals surface area contributed by atoms with E-state index in [-0.39, 0.29) is 5.75 Å². The molecule has 0 aliphatic heterocycles. The Morgan fingerprint density at radius 2 is 1.59 bits per heavy atom. The van der Waals surface area contributed by atoms with Crippen molar-refractivity contribution in [2.24, 2.45) is 5.84 Å². The Labute approximate surface area is 166 Å². The molecule has 0 saturated carbocycles. The van der Waals surface area contributed by atoms with Gasteiger partial charge in [0.15, 0.2) is 0 Å². The number of rotatable bonds is 4. The summed E-state index contributed by atoms with van der Waals surface area (Å²) in [5, 5.41) is 13.0. The van der Waals surface area contributed by atoms with Gasteiger partial charge in [0.05, 0.1) is 0 Å². The summed E-state index contributed by atoms with van der Waals surface area (Å²) in [6.07, 6.45) is 0. The van der Waals surface area contributed by atoms with Crippen LogP contribution in [0.25, 0.3) is 10.8 Å². The first kappa shape index (κ1) is 22.5. The number of nitrogens with zero attached hydrogens (tertiary/aromatic N) is 1. The van der Waals surface area contributed by atoms with E-state index in [2.05, 4.69) is 46.6 Å². The van der Waals surface area contributed by atoms with Gasteiger partial charge in [-0.15, -0.1) is 0 Å². The monoisotopic (exact) mass is 428 g/mol. The van der Waals surface area contributed by atoms with E-state index in [1.807, 2.05) is 7.05 Å². The van der Waals surface area contributed by atoms with Crippen molar-refractivity contribution in [1.29, 1.82) is 0 Å². The maximum absolute atomic E-state index is 11.8. The molecule has 0 amide bonds. The SMILES string of the molecule is CN(N)Cc1cccc2ccccc12.O=S(=O)(Oc1ccc(O)cc1)C(F)(F)F. The smallest absolute Gasteiger partial charge is 0.508 e. The van der Waals surface area contributed by atoms with Crippen LogP contribution in [0.15, 0.2) is 66.7 Å². The highest BCUT2D eigenvalue weighted by molar-refractivity contribution is 7.88. The molecule has 3 rings (SSSR count). The molecule has 156 valence electrons. The Balaban J connectivity index is 0.000000207. The summed E-state index contributed by atoms with van der Waals surface area (Å²) in [5.74, 6) is 4.91. The van der Waals surface area contributed by atoms with Crippen molar-refractivity contribution in [2.75, 3.05) is 7.05 Å². The third kappa shape index (κ3) is 6.34. The Morgan fingerprint density at radius 1 is 1.00 bits per heavy atom. The fraction of sp³-hybridized carbons (Fsp3) is 0.158. The van der Waals surface area contributed by atoms with E-state index in [1.54, 1.807) is 5.01 Å². The molecule has 0 heterocycles. The first-order valence-corrected chi connectivity index (χ1v) is 9.62. The fourth-order valence-corrected chi connectivity index (χ4v) is 2.83. The summed E-state index contributed by atoms with van der Waals surface area (Å²) in [6.45, 7) is 0.779. The molecule has 0 atom stereocenters. The highest BCUT2D eigenvalue weighted by Crippen LogP contribution is 2.27. The van der Waals surface area contributed by atoms with Crippen molar-refractivity contribution >= 4 is 20.9 Å². The predicted octanol–water partition coefficient (Wildman–Crippen LogP) is 3.77. The molecule has 6 nitrogen and oxygen atoms in total. The highest BCUT2D eigenvalue weighted by atomic mass is 32.2. The number of phenols is 1. The van der Waals surface area contributed by atoms with Gasteiger partial charge < -0.3 is 9.29 Å². The number of alkyl halides is 3. The van der Waals surface area contributed by atoms with Crippen LogP contribution in [-0.4, -0.2) is 31.1 Å².